The van der Waals surface area contributed by atoms with E-state index >= 15 is 0 Å². The first-order chi connectivity index (χ1) is 11.8. The number of aliphatic hydroxyl groups is 3. The van der Waals surface area contributed by atoms with Gasteiger partial charge in [0.05, 0.1) is 79.3 Å². The molecule has 0 aromatic heterocycles. The summed E-state index contributed by atoms with van der Waals surface area (Å²) in [6.07, 6.45) is -0.297. The first-order valence-corrected chi connectivity index (χ1v) is 8.20. The normalized spacial score (nSPS) is 21.5. The molecule has 3 N–H and O–H groups in total. The van der Waals surface area contributed by atoms with Gasteiger partial charge in [0, 0.05) is 0 Å². The lowest BCUT2D eigenvalue weighted by Gasteiger charge is -2.06. The first kappa shape index (κ1) is 21.7. The Morgan fingerprint density at radius 2 is 1.04 bits per heavy atom. The largest absolute Gasteiger partial charge is 0.394 e. The van der Waals surface area contributed by atoms with Crippen LogP contribution in [0.5, 0.6) is 0 Å². The van der Waals surface area contributed by atoms with E-state index in [0.717, 1.165) is 13.2 Å². The average molecular weight is 354 g/mol. The zero-order valence-electron chi connectivity index (χ0n) is 14.0. The van der Waals surface area contributed by atoms with Crippen molar-refractivity contribution < 1.29 is 43.7 Å². The second kappa shape index (κ2) is 14.9. The molecule has 0 saturated carbocycles. The fourth-order valence-corrected chi connectivity index (χ4v) is 1.37. The van der Waals surface area contributed by atoms with Crippen molar-refractivity contribution in [1.82, 2.24) is 0 Å². The summed E-state index contributed by atoms with van der Waals surface area (Å²) in [6.45, 7) is 5.93. The Kier molecular flexibility index (Phi) is 13.5. The number of ether oxygens (including phenoxy) is 6. The monoisotopic (exact) mass is 354 g/mol. The van der Waals surface area contributed by atoms with Crippen LogP contribution in [0.2, 0.25) is 0 Å². The number of hydrogen-bond donors (Lipinski definition) is 3. The molecule has 2 fully saturated rings. The van der Waals surface area contributed by atoms with Gasteiger partial charge in [-0.3, -0.25) is 0 Å². The molecule has 2 rings (SSSR count). The molecule has 0 aliphatic carbocycles. The van der Waals surface area contributed by atoms with Crippen LogP contribution in [-0.2, 0) is 28.4 Å². The van der Waals surface area contributed by atoms with Crippen molar-refractivity contribution in [3.8, 4) is 0 Å². The highest BCUT2D eigenvalue weighted by Crippen LogP contribution is 2.08. The maximum atomic E-state index is 8.17. The molecule has 2 saturated heterocycles. The first-order valence-electron chi connectivity index (χ1n) is 8.20. The van der Waals surface area contributed by atoms with Gasteiger partial charge >= 0.3 is 0 Å². The molecule has 0 radical (unpaired) electrons. The van der Waals surface area contributed by atoms with Crippen molar-refractivity contribution in [2.75, 3.05) is 79.3 Å². The summed E-state index contributed by atoms with van der Waals surface area (Å²) >= 11 is 0. The van der Waals surface area contributed by atoms with Crippen LogP contribution < -0.4 is 0 Å². The Hall–Kier alpha value is -0.360. The van der Waals surface area contributed by atoms with E-state index in [-0.39, 0.29) is 13.2 Å². The molecule has 0 aromatic carbocycles. The van der Waals surface area contributed by atoms with E-state index in [9.17, 15) is 0 Å². The molecule has 0 aromatic rings. The lowest BCUT2D eigenvalue weighted by molar-refractivity contribution is -0.00457. The molecule has 0 amide bonds. The molecule has 2 unspecified atom stereocenters. The van der Waals surface area contributed by atoms with Gasteiger partial charge in [-0.2, -0.15) is 0 Å². The Bertz CT molecular complexity index is 246. The summed E-state index contributed by atoms with van der Waals surface area (Å²) < 4.78 is 31.4. The van der Waals surface area contributed by atoms with E-state index in [1.807, 2.05) is 0 Å². The molecule has 0 bridgehead atoms. The molecule has 2 aliphatic rings. The fourth-order valence-electron chi connectivity index (χ4n) is 1.37. The summed E-state index contributed by atoms with van der Waals surface area (Å²) in [5, 5.41) is 24.0. The van der Waals surface area contributed by atoms with Gasteiger partial charge in [0.1, 0.15) is 18.3 Å². The van der Waals surface area contributed by atoms with Crippen LogP contribution in [0.3, 0.4) is 0 Å². The van der Waals surface area contributed by atoms with Crippen molar-refractivity contribution in [1.29, 1.82) is 0 Å². The average Bonchev–Trinajstić information content (AvgIpc) is 3.50. The van der Waals surface area contributed by atoms with E-state index < -0.39 is 6.10 Å². The highest BCUT2D eigenvalue weighted by atomic mass is 16.6. The van der Waals surface area contributed by atoms with Crippen LogP contribution in [0.15, 0.2) is 0 Å². The molecular weight excluding hydrogens is 324 g/mol. The third-order valence-corrected chi connectivity index (χ3v) is 2.95. The van der Waals surface area contributed by atoms with Gasteiger partial charge in [-0.25, -0.2) is 0 Å². The van der Waals surface area contributed by atoms with Crippen molar-refractivity contribution in [3.05, 3.63) is 0 Å². The smallest absolute Gasteiger partial charge is 0.104 e. The molecule has 9 heteroatoms. The zero-order chi connectivity index (χ0) is 17.5. The number of rotatable bonds is 15. The quantitative estimate of drug-likeness (QED) is 0.230. The van der Waals surface area contributed by atoms with Gasteiger partial charge in [0.25, 0.3) is 0 Å². The Morgan fingerprint density at radius 1 is 0.708 bits per heavy atom. The molecule has 2 atom stereocenters. The van der Waals surface area contributed by atoms with Gasteiger partial charge < -0.3 is 43.7 Å². The minimum atomic E-state index is -0.954. The summed E-state index contributed by atoms with van der Waals surface area (Å²) in [6, 6.07) is 0. The Balaban J connectivity index is 0.000000413. The van der Waals surface area contributed by atoms with Crippen LogP contribution in [0, 0.1) is 0 Å². The highest BCUT2D eigenvalue weighted by Gasteiger charge is 2.22. The molecule has 144 valence electrons. The van der Waals surface area contributed by atoms with Gasteiger partial charge in [0.15, 0.2) is 0 Å². The molecule has 9 nitrogen and oxygen atoms in total. The molecule has 2 aliphatic heterocycles. The van der Waals surface area contributed by atoms with Crippen molar-refractivity contribution in [2.24, 2.45) is 0 Å². The summed E-state index contributed by atoms with van der Waals surface area (Å²) in [7, 11) is 0. The highest BCUT2D eigenvalue weighted by molar-refractivity contribution is 4.67. The van der Waals surface area contributed by atoms with Crippen molar-refractivity contribution in [3.63, 3.8) is 0 Å². The topological polar surface area (TPSA) is 123 Å². The third-order valence-electron chi connectivity index (χ3n) is 2.95. The van der Waals surface area contributed by atoms with Crippen LogP contribution in [-0.4, -0.2) is 113 Å². The molecular formula is C15H30O9. The van der Waals surface area contributed by atoms with Crippen LogP contribution in [0.4, 0.5) is 0 Å². The van der Waals surface area contributed by atoms with Crippen LogP contribution in [0.1, 0.15) is 0 Å². The number of hydrogen-bond acceptors (Lipinski definition) is 9. The Morgan fingerprint density at radius 3 is 1.29 bits per heavy atom. The maximum Gasteiger partial charge on any atom is 0.104 e. The standard InChI is InChI=1S/C12H22O6.C3H8O3/c1(13-3-5-15-7-11-9-17-11)2-14-4-6-16-8-12-10-18-12;4-1-3(6)2-5/h11-12H,1-10H2;3-6H,1-2H2. The second-order valence-corrected chi connectivity index (χ2v) is 5.30. The van der Waals surface area contributed by atoms with E-state index in [2.05, 4.69) is 0 Å². The number of epoxide rings is 2. The van der Waals surface area contributed by atoms with Gasteiger partial charge in [-0.05, 0) is 0 Å². The lowest BCUT2D eigenvalue weighted by Crippen LogP contribution is -2.15. The summed E-state index contributed by atoms with van der Waals surface area (Å²) in [4.78, 5) is 0. The number of aliphatic hydroxyl groups excluding tert-OH is 3. The SMILES string of the molecule is C(COCCOCC1CO1)OCCOCC1CO1.OCC(O)CO. The van der Waals surface area contributed by atoms with Crippen molar-refractivity contribution >= 4 is 0 Å². The second-order valence-electron chi connectivity index (χ2n) is 5.30. The lowest BCUT2D eigenvalue weighted by atomic mass is 10.4. The van der Waals surface area contributed by atoms with E-state index in [1.54, 1.807) is 0 Å². The molecule has 2 heterocycles. The third kappa shape index (κ3) is 15.2. The van der Waals surface area contributed by atoms with E-state index in [0.29, 0.717) is 65.1 Å². The van der Waals surface area contributed by atoms with E-state index in [4.69, 9.17) is 43.7 Å². The maximum absolute atomic E-state index is 8.17. The fraction of sp³-hybridized carbons (Fsp3) is 1.00. The minimum absolute atomic E-state index is 0.328. The van der Waals surface area contributed by atoms with Gasteiger partial charge in [-0.15, -0.1) is 0 Å². The summed E-state index contributed by atoms with van der Waals surface area (Å²) in [5.74, 6) is 0. The van der Waals surface area contributed by atoms with Crippen LogP contribution >= 0.6 is 0 Å². The Labute approximate surface area is 142 Å². The van der Waals surface area contributed by atoms with Crippen LogP contribution in [0.25, 0.3) is 0 Å². The predicted octanol–water partition coefficient (Wildman–Crippen LogP) is -1.82. The van der Waals surface area contributed by atoms with Crippen molar-refractivity contribution in [2.45, 2.75) is 18.3 Å². The molecule has 0 spiro atoms. The summed E-state index contributed by atoms with van der Waals surface area (Å²) in [5.41, 5.74) is 0. The predicted molar refractivity (Wildman–Crippen MR) is 82.9 cm³/mol. The van der Waals surface area contributed by atoms with E-state index in [1.165, 1.54) is 0 Å². The minimum Gasteiger partial charge on any atom is -0.394 e. The molecule has 24 heavy (non-hydrogen) atoms. The zero-order valence-corrected chi connectivity index (χ0v) is 14.0. The van der Waals surface area contributed by atoms with Gasteiger partial charge in [0.2, 0.25) is 0 Å². The van der Waals surface area contributed by atoms with Gasteiger partial charge in [-0.1, -0.05) is 0 Å².